The third-order valence-electron chi connectivity index (χ3n) is 2.44. The molecule has 0 atom stereocenters. The first-order valence-corrected chi connectivity index (χ1v) is 4.89. The zero-order chi connectivity index (χ0) is 10.3. The van der Waals surface area contributed by atoms with Gasteiger partial charge in [-0.05, 0) is 37.1 Å². The van der Waals surface area contributed by atoms with Crippen molar-refractivity contribution >= 4 is 22.6 Å². The number of benzene rings is 1. The Hall–Kier alpha value is -0.990. The predicted molar refractivity (Wildman–Crippen MR) is 58.6 cm³/mol. The van der Waals surface area contributed by atoms with Gasteiger partial charge in [0, 0.05) is 10.4 Å². The van der Waals surface area contributed by atoms with Gasteiger partial charge in [-0.15, -0.1) is 0 Å². The summed E-state index contributed by atoms with van der Waals surface area (Å²) in [5.74, 6) is 0.796. The Balaban J connectivity index is 2.81. The van der Waals surface area contributed by atoms with Gasteiger partial charge in [-0.2, -0.15) is 0 Å². The zero-order valence-corrected chi connectivity index (χ0v) is 8.98. The fourth-order valence-corrected chi connectivity index (χ4v) is 1.79. The van der Waals surface area contributed by atoms with Crippen LogP contribution >= 0.6 is 11.6 Å². The van der Waals surface area contributed by atoms with Crippen LogP contribution in [0.2, 0.25) is 5.02 Å². The van der Waals surface area contributed by atoms with Gasteiger partial charge in [0.1, 0.15) is 11.3 Å². The molecule has 0 unspecified atom stereocenters. The fourth-order valence-electron chi connectivity index (χ4n) is 1.63. The molecule has 0 aliphatic rings. The topological polar surface area (TPSA) is 39.2 Å². The van der Waals surface area contributed by atoms with Gasteiger partial charge in [-0.1, -0.05) is 11.6 Å². The summed E-state index contributed by atoms with van der Waals surface area (Å²) in [6.07, 6.45) is 0. The van der Waals surface area contributed by atoms with Gasteiger partial charge < -0.3 is 10.2 Å². The normalized spacial score (nSPS) is 11.1. The number of hydrogen-bond donors (Lipinski definition) is 1. The van der Waals surface area contributed by atoms with Crippen LogP contribution in [0.15, 0.2) is 16.5 Å². The maximum atomic E-state index is 6.14. The monoisotopic (exact) mass is 209 g/mol. The van der Waals surface area contributed by atoms with Crippen LogP contribution in [0.4, 0.5) is 0 Å². The molecule has 3 heteroatoms. The molecule has 74 valence electrons. The first-order valence-electron chi connectivity index (χ1n) is 4.51. The molecule has 1 aromatic heterocycles. The number of nitrogens with two attached hydrogens (primary N) is 1. The summed E-state index contributed by atoms with van der Waals surface area (Å²) in [5, 5.41) is 1.86. The van der Waals surface area contributed by atoms with Crippen LogP contribution in [0.25, 0.3) is 11.0 Å². The minimum Gasteiger partial charge on any atom is -0.460 e. The highest BCUT2D eigenvalue weighted by Gasteiger charge is 2.09. The van der Waals surface area contributed by atoms with E-state index in [2.05, 4.69) is 0 Å². The van der Waals surface area contributed by atoms with Crippen molar-refractivity contribution in [1.82, 2.24) is 0 Å². The molecular formula is C11H12ClNO. The standard InChI is InChI=1S/C11H12ClNO/c1-6-3-10-9(7(2)11(6)12)4-8(5-13)14-10/h3-4H,5,13H2,1-2H3. The lowest BCUT2D eigenvalue weighted by molar-refractivity contribution is 0.552. The predicted octanol–water partition coefficient (Wildman–Crippen LogP) is 3.16. The van der Waals surface area contributed by atoms with E-state index in [1.807, 2.05) is 26.0 Å². The maximum absolute atomic E-state index is 6.14. The van der Waals surface area contributed by atoms with E-state index in [4.69, 9.17) is 21.8 Å². The molecule has 1 aromatic carbocycles. The van der Waals surface area contributed by atoms with Crippen LogP contribution in [0, 0.1) is 13.8 Å². The van der Waals surface area contributed by atoms with E-state index in [9.17, 15) is 0 Å². The third-order valence-corrected chi connectivity index (χ3v) is 3.02. The second kappa shape index (κ2) is 3.30. The van der Waals surface area contributed by atoms with Gasteiger partial charge in [0.05, 0.1) is 6.54 Å². The molecule has 2 nitrogen and oxygen atoms in total. The van der Waals surface area contributed by atoms with Gasteiger partial charge in [-0.25, -0.2) is 0 Å². The van der Waals surface area contributed by atoms with Crippen LogP contribution in [-0.4, -0.2) is 0 Å². The summed E-state index contributed by atoms with van der Waals surface area (Å²) in [6.45, 7) is 4.39. The quantitative estimate of drug-likeness (QED) is 0.784. The number of rotatable bonds is 1. The maximum Gasteiger partial charge on any atom is 0.134 e. The van der Waals surface area contributed by atoms with E-state index < -0.39 is 0 Å². The number of fused-ring (bicyclic) bond motifs is 1. The molecule has 0 aliphatic heterocycles. The van der Waals surface area contributed by atoms with Gasteiger partial charge >= 0.3 is 0 Å². The summed E-state index contributed by atoms with van der Waals surface area (Å²) in [5.41, 5.74) is 8.48. The lowest BCUT2D eigenvalue weighted by Crippen LogP contribution is -1.92. The molecule has 0 spiro atoms. The molecule has 0 amide bonds. The molecule has 2 aromatic rings. The summed E-state index contributed by atoms with van der Waals surface area (Å²) in [4.78, 5) is 0. The van der Waals surface area contributed by atoms with E-state index in [-0.39, 0.29) is 0 Å². The number of halogens is 1. The third kappa shape index (κ3) is 1.31. The zero-order valence-electron chi connectivity index (χ0n) is 8.23. The molecule has 0 aliphatic carbocycles. The second-order valence-corrected chi connectivity index (χ2v) is 3.84. The van der Waals surface area contributed by atoms with Crippen molar-refractivity contribution in [2.75, 3.05) is 0 Å². The largest absolute Gasteiger partial charge is 0.460 e. The molecule has 14 heavy (non-hydrogen) atoms. The average molecular weight is 210 g/mol. The van der Waals surface area contributed by atoms with E-state index in [0.717, 1.165) is 32.9 Å². The van der Waals surface area contributed by atoms with Crippen molar-refractivity contribution in [2.24, 2.45) is 5.73 Å². The van der Waals surface area contributed by atoms with E-state index in [1.165, 1.54) is 0 Å². The van der Waals surface area contributed by atoms with Crippen molar-refractivity contribution in [3.63, 3.8) is 0 Å². The Morgan fingerprint density at radius 2 is 2.07 bits per heavy atom. The van der Waals surface area contributed by atoms with Crippen molar-refractivity contribution in [1.29, 1.82) is 0 Å². The van der Waals surface area contributed by atoms with Crippen LogP contribution < -0.4 is 5.73 Å². The Morgan fingerprint density at radius 1 is 1.36 bits per heavy atom. The SMILES string of the molecule is Cc1cc2oc(CN)cc2c(C)c1Cl. The van der Waals surface area contributed by atoms with E-state index in [1.54, 1.807) is 0 Å². The summed E-state index contributed by atoms with van der Waals surface area (Å²) in [7, 11) is 0. The molecule has 0 fully saturated rings. The molecule has 0 saturated carbocycles. The van der Waals surface area contributed by atoms with Crippen LogP contribution in [0.5, 0.6) is 0 Å². The molecular weight excluding hydrogens is 198 g/mol. The highest BCUT2D eigenvalue weighted by atomic mass is 35.5. The fraction of sp³-hybridized carbons (Fsp3) is 0.273. The Bertz CT molecular complexity index is 487. The number of furan rings is 1. The van der Waals surface area contributed by atoms with Crippen molar-refractivity contribution in [2.45, 2.75) is 20.4 Å². The molecule has 2 N–H and O–H groups in total. The highest BCUT2D eigenvalue weighted by molar-refractivity contribution is 6.33. The smallest absolute Gasteiger partial charge is 0.134 e. The average Bonchev–Trinajstić information content (AvgIpc) is 2.57. The second-order valence-electron chi connectivity index (χ2n) is 3.46. The summed E-state index contributed by atoms with van der Waals surface area (Å²) >= 11 is 6.14. The van der Waals surface area contributed by atoms with Crippen LogP contribution in [0.1, 0.15) is 16.9 Å². The minimum atomic E-state index is 0.421. The van der Waals surface area contributed by atoms with Crippen molar-refractivity contribution in [3.05, 3.63) is 34.0 Å². The highest BCUT2D eigenvalue weighted by Crippen LogP contribution is 2.30. The lowest BCUT2D eigenvalue weighted by atomic mass is 10.1. The van der Waals surface area contributed by atoms with Gasteiger partial charge in [0.25, 0.3) is 0 Å². The van der Waals surface area contributed by atoms with Crippen molar-refractivity contribution in [3.8, 4) is 0 Å². The van der Waals surface area contributed by atoms with Gasteiger partial charge in [-0.3, -0.25) is 0 Å². The Morgan fingerprint density at radius 3 is 2.71 bits per heavy atom. The number of hydrogen-bond acceptors (Lipinski definition) is 2. The molecule has 0 radical (unpaired) electrons. The van der Waals surface area contributed by atoms with Crippen LogP contribution in [0.3, 0.4) is 0 Å². The van der Waals surface area contributed by atoms with Gasteiger partial charge in [0.15, 0.2) is 0 Å². The summed E-state index contributed by atoms with van der Waals surface area (Å²) in [6, 6.07) is 3.90. The van der Waals surface area contributed by atoms with Crippen LogP contribution in [-0.2, 0) is 6.54 Å². The Labute approximate surface area is 87.6 Å². The van der Waals surface area contributed by atoms with Crippen molar-refractivity contribution < 1.29 is 4.42 Å². The molecule has 2 rings (SSSR count). The van der Waals surface area contributed by atoms with E-state index >= 15 is 0 Å². The van der Waals surface area contributed by atoms with Gasteiger partial charge in [0.2, 0.25) is 0 Å². The number of aryl methyl sites for hydroxylation is 2. The molecule has 1 heterocycles. The molecule has 0 bridgehead atoms. The first kappa shape index (κ1) is 9.56. The van der Waals surface area contributed by atoms with E-state index in [0.29, 0.717) is 6.54 Å². The Kier molecular flexibility index (Phi) is 2.25. The summed E-state index contributed by atoms with van der Waals surface area (Å²) < 4.78 is 5.55. The lowest BCUT2D eigenvalue weighted by Gasteiger charge is -2.02. The first-order chi connectivity index (χ1) is 6.63. The molecule has 0 saturated heterocycles. The minimum absolute atomic E-state index is 0.421.